The van der Waals surface area contributed by atoms with Gasteiger partial charge >= 0.3 is 0 Å². The summed E-state index contributed by atoms with van der Waals surface area (Å²) in [6.45, 7) is 5.37. The maximum absolute atomic E-state index is 13.0. The number of hydrogen-bond acceptors (Lipinski definition) is 6. The molecule has 0 radical (unpaired) electrons. The minimum Gasteiger partial charge on any atom is -0.355 e. The highest BCUT2D eigenvalue weighted by molar-refractivity contribution is 7.99. The number of aromatic nitrogens is 2. The largest absolute Gasteiger partial charge is 0.355 e. The number of thiophene rings is 1. The van der Waals surface area contributed by atoms with E-state index in [9.17, 15) is 4.79 Å². The van der Waals surface area contributed by atoms with E-state index in [2.05, 4.69) is 6.58 Å². The Morgan fingerprint density at radius 3 is 3.17 bits per heavy atom. The fourth-order valence-electron chi connectivity index (χ4n) is 3.26. The second-order valence-corrected chi connectivity index (χ2v) is 8.12. The standard InChI is InChI=1S/C17H20N2O3S2/c1-2-7-19-16(20)14-12-4-3-5-13(12)24-15(14)18-17(19)23-9-11-6-8-21-10-22-11/h2,11H,1,3-10H2/t11-/m0/s1. The Labute approximate surface area is 148 Å². The minimum absolute atomic E-state index is 0.0784. The normalized spacial score (nSPS) is 20.4. The molecule has 2 aromatic heterocycles. The van der Waals surface area contributed by atoms with Crippen LogP contribution in [0.25, 0.3) is 10.2 Å². The molecule has 5 nitrogen and oxygen atoms in total. The summed E-state index contributed by atoms with van der Waals surface area (Å²) in [5.41, 5.74) is 1.31. The SMILES string of the molecule is C=CCn1c(SC[C@@H]2CCOCO2)nc2sc3c(c2c1=O)CCC3. The topological polar surface area (TPSA) is 53.4 Å². The van der Waals surface area contributed by atoms with E-state index in [0.29, 0.717) is 13.3 Å². The van der Waals surface area contributed by atoms with Gasteiger partial charge in [-0.05, 0) is 31.2 Å². The predicted molar refractivity (Wildman–Crippen MR) is 97.1 cm³/mol. The predicted octanol–water partition coefficient (Wildman–Crippen LogP) is 2.99. The highest BCUT2D eigenvalue weighted by Gasteiger charge is 2.23. The van der Waals surface area contributed by atoms with Crippen LogP contribution in [0, 0.1) is 0 Å². The smallest absolute Gasteiger partial charge is 0.263 e. The zero-order valence-electron chi connectivity index (χ0n) is 13.5. The molecule has 1 saturated heterocycles. The summed E-state index contributed by atoms with van der Waals surface area (Å²) < 4.78 is 12.6. The molecular formula is C17H20N2O3S2. The van der Waals surface area contributed by atoms with Gasteiger partial charge in [-0.3, -0.25) is 9.36 Å². The molecular weight excluding hydrogens is 344 g/mol. The van der Waals surface area contributed by atoms with E-state index in [4.69, 9.17) is 14.5 Å². The van der Waals surface area contributed by atoms with Gasteiger partial charge in [0.1, 0.15) is 11.6 Å². The van der Waals surface area contributed by atoms with Crippen molar-refractivity contribution in [3.05, 3.63) is 33.4 Å². The van der Waals surface area contributed by atoms with Gasteiger partial charge in [-0.2, -0.15) is 0 Å². The Balaban J connectivity index is 1.69. The Hall–Kier alpha value is -1.15. The first-order valence-corrected chi connectivity index (χ1v) is 10.1. The van der Waals surface area contributed by atoms with Crippen LogP contribution in [0.3, 0.4) is 0 Å². The Kier molecular flexibility index (Phi) is 4.76. The van der Waals surface area contributed by atoms with Crippen LogP contribution < -0.4 is 5.56 Å². The summed E-state index contributed by atoms with van der Waals surface area (Å²) in [5, 5.41) is 1.60. The summed E-state index contributed by atoms with van der Waals surface area (Å²) in [6, 6.07) is 0. The Morgan fingerprint density at radius 2 is 2.38 bits per heavy atom. The fourth-order valence-corrected chi connectivity index (χ4v) is 5.64. The molecule has 2 aliphatic rings. The molecule has 3 heterocycles. The number of thioether (sulfide) groups is 1. The molecule has 0 bridgehead atoms. The van der Waals surface area contributed by atoms with Crippen LogP contribution in [0.2, 0.25) is 0 Å². The maximum atomic E-state index is 13.0. The molecule has 0 aromatic carbocycles. The Morgan fingerprint density at radius 1 is 1.46 bits per heavy atom. The van der Waals surface area contributed by atoms with Gasteiger partial charge in [0.15, 0.2) is 5.16 Å². The van der Waals surface area contributed by atoms with Crippen molar-refractivity contribution in [3.63, 3.8) is 0 Å². The van der Waals surface area contributed by atoms with E-state index >= 15 is 0 Å². The van der Waals surface area contributed by atoms with Crippen LogP contribution in [0.5, 0.6) is 0 Å². The molecule has 7 heteroatoms. The van der Waals surface area contributed by atoms with Crippen molar-refractivity contribution in [2.75, 3.05) is 19.2 Å². The fraction of sp³-hybridized carbons (Fsp3) is 0.529. The average molecular weight is 364 g/mol. The first-order valence-electron chi connectivity index (χ1n) is 8.26. The van der Waals surface area contributed by atoms with Gasteiger partial charge in [-0.15, -0.1) is 17.9 Å². The lowest BCUT2D eigenvalue weighted by Crippen LogP contribution is -2.27. The van der Waals surface area contributed by atoms with Gasteiger partial charge in [0.2, 0.25) is 0 Å². The third-order valence-electron chi connectivity index (χ3n) is 4.47. The third kappa shape index (κ3) is 2.94. The van der Waals surface area contributed by atoms with Crippen LogP contribution in [0.4, 0.5) is 0 Å². The molecule has 128 valence electrons. The monoisotopic (exact) mass is 364 g/mol. The van der Waals surface area contributed by atoms with Gasteiger partial charge < -0.3 is 9.47 Å². The van der Waals surface area contributed by atoms with Crippen LogP contribution in [-0.2, 0) is 28.9 Å². The lowest BCUT2D eigenvalue weighted by molar-refractivity contribution is -0.130. The van der Waals surface area contributed by atoms with Crippen molar-refractivity contribution >= 4 is 33.3 Å². The number of rotatable bonds is 5. The number of aryl methyl sites for hydroxylation is 2. The van der Waals surface area contributed by atoms with Crippen molar-refractivity contribution in [3.8, 4) is 0 Å². The molecule has 0 spiro atoms. The molecule has 1 aliphatic carbocycles. The van der Waals surface area contributed by atoms with Crippen LogP contribution in [0.1, 0.15) is 23.3 Å². The molecule has 1 aliphatic heterocycles. The van der Waals surface area contributed by atoms with E-state index < -0.39 is 0 Å². The van der Waals surface area contributed by atoms with E-state index in [1.807, 2.05) is 0 Å². The van der Waals surface area contributed by atoms with Crippen molar-refractivity contribution in [2.24, 2.45) is 0 Å². The quantitative estimate of drug-likeness (QED) is 0.464. The number of ether oxygens (including phenoxy) is 2. The van der Waals surface area contributed by atoms with Crippen molar-refractivity contribution in [2.45, 2.75) is 43.5 Å². The summed E-state index contributed by atoms with van der Waals surface area (Å²) >= 11 is 3.28. The van der Waals surface area contributed by atoms with Crippen molar-refractivity contribution < 1.29 is 9.47 Å². The first-order chi connectivity index (χ1) is 11.8. The lowest BCUT2D eigenvalue weighted by Gasteiger charge is -2.22. The third-order valence-corrected chi connectivity index (χ3v) is 6.77. The van der Waals surface area contributed by atoms with Gasteiger partial charge in [0, 0.05) is 17.2 Å². The second kappa shape index (κ2) is 7.00. The Bertz CT molecular complexity index is 821. The summed E-state index contributed by atoms with van der Waals surface area (Å²) in [7, 11) is 0. The number of hydrogen-bond donors (Lipinski definition) is 0. The summed E-state index contributed by atoms with van der Waals surface area (Å²) in [6.07, 6.45) is 6.03. The summed E-state index contributed by atoms with van der Waals surface area (Å²) in [5.74, 6) is 0.781. The maximum Gasteiger partial charge on any atom is 0.263 e. The highest BCUT2D eigenvalue weighted by Crippen LogP contribution is 2.35. The van der Waals surface area contributed by atoms with E-state index in [-0.39, 0.29) is 11.7 Å². The molecule has 0 N–H and O–H groups in total. The van der Waals surface area contributed by atoms with E-state index in [0.717, 1.165) is 53.4 Å². The molecule has 0 unspecified atom stereocenters. The zero-order valence-corrected chi connectivity index (χ0v) is 15.1. The van der Waals surface area contributed by atoms with Crippen LogP contribution in [-0.4, -0.2) is 34.8 Å². The van der Waals surface area contributed by atoms with Crippen LogP contribution >= 0.6 is 23.1 Å². The van der Waals surface area contributed by atoms with E-state index in [1.54, 1.807) is 33.7 Å². The van der Waals surface area contributed by atoms with Crippen LogP contribution in [0.15, 0.2) is 22.6 Å². The minimum atomic E-state index is 0.0784. The van der Waals surface area contributed by atoms with Gasteiger partial charge in [0.25, 0.3) is 5.56 Å². The average Bonchev–Trinajstić information content (AvgIpc) is 3.17. The summed E-state index contributed by atoms with van der Waals surface area (Å²) in [4.78, 5) is 20.1. The van der Waals surface area contributed by atoms with Gasteiger partial charge in [-0.25, -0.2) is 4.98 Å². The second-order valence-electron chi connectivity index (χ2n) is 6.05. The zero-order chi connectivity index (χ0) is 16.5. The van der Waals surface area contributed by atoms with Gasteiger partial charge in [-0.1, -0.05) is 17.8 Å². The first kappa shape index (κ1) is 16.3. The molecule has 4 rings (SSSR count). The van der Waals surface area contributed by atoms with E-state index in [1.165, 1.54) is 10.4 Å². The molecule has 24 heavy (non-hydrogen) atoms. The number of nitrogens with zero attached hydrogens (tertiary/aromatic N) is 2. The molecule has 0 saturated carbocycles. The van der Waals surface area contributed by atoms with Crippen molar-refractivity contribution in [1.82, 2.24) is 9.55 Å². The van der Waals surface area contributed by atoms with Gasteiger partial charge in [0.05, 0.1) is 18.1 Å². The number of allylic oxidation sites excluding steroid dienone is 1. The lowest BCUT2D eigenvalue weighted by atomic mass is 10.2. The molecule has 1 atom stereocenters. The highest BCUT2D eigenvalue weighted by atomic mass is 32.2. The van der Waals surface area contributed by atoms with Crippen molar-refractivity contribution in [1.29, 1.82) is 0 Å². The molecule has 0 amide bonds. The molecule has 1 fully saturated rings. The number of fused-ring (bicyclic) bond motifs is 3. The molecule has 2 aromatic rings.